The first kappa shape index (κ1) is 19.3. The van der Waals surface area contributed by atoms with Crippen molar-refractivity contribution in [3.05, 3.63) is 64.3 Å². The van der Waals surface area contributed by atoms with Crippen LogP contribution >= 0.6 is 11.6 Å². The summed E-state index contributed by atoms with van der Waals surface area (Å²) in [5, 5.41) is -1.12. The van der Waals surface area contributed by atoms with Crippen molar-refractivity contribution >= 4 is 38.5 Å². The number of fused-ring (bicyclic) bond motifs is 1. The Bertz CT molecular complexity index is 1150. The Balaban J connectivity index is 2.43. The van der Waals surface area contributed by atoms with Crippen LogP contribution in [0, 0.1) is 18.6 Å². The van der Waals surface area contributed by atoms with Gasteiger partial charge in [0.1, 0.15) is 5.82 Å². The van der Waals surface area contributed by atoms with Crippen LogP contribution in [0.2, 0.25) is 5.02 Å². The minimum atomic E-state index is -4.39. The molecule has 9 heteroatoms. The number of ether oxygens (including phenoxy) is 1. The van der Waals surface area contributed by atoms with Crippen LogP contribution in [0.3, 0.4) is 0 Å². The van der Waals surface area contributed by atoms with Gasteiger partial charge in [-0.1, -0.05) is 29.3 Å². The van der Waals surface area contributed by atoms with Crippen LogP contribution in [0.4, 0.5) is 8.78 Å². The van der Waals surface area contributed by atoms with Crippen molar-refractivity contribution in [3.63, 3.8) is 0 Å². The molecular formula is C18H14ClF2NO4S. The maximum atomic E-state index is 15.0. The number of esters is 1. The van der Waals surface area contributed by atoms with E-state index in [1.807, 2.05) is 0 Å². The highest BCUT2D eigenvalue weighted by molar-refractivity contribution is 7.90. The van der Waals surface area contributed by atoms with Crippen LogP contribution in [0.5, 0.6) is 0 Å². The normalized spacial score (nSPS) is 11.7. The van der Waals surface area contributed by atoms with Crippen LogP contribution in [-0.2, 0) is 14.8 Å². The van der Waals surface area contributed by atoms with Gasteiger partial charge in [-0.05, 0) is 38.1 Å². The molecule has 1 heterocycles. The number of halogens is 3. The Labute approximate surface area is 159 Å². The summed E-state index contributed by atoms with van der Waals surface area (Å²) in [5.74, 6) is -3.40. The lowest BCUT2D eigenvalue weighted by atomic mass is 10.2. The zero-order chi connectivity index (χ0) is 19.9. The molecule has 0 saturated carbocycles. The van der Waals surface area contributed by atoms with E-state index in [-0.39, 0.29) is 17.0 Å². The van der Waals surface area contributed by atoms with Gasteiger partial charge in [-0.3, -0.25) is 0 Å². The second-order valence-corrected chi connectivity index (χ2v) is 7.89. The lowest BCUT2D eigenvalue weighted by Gasteiger charge is -2.11. The maximum absolute atomic E-state index is 15.0. The number of carbonyl (C=O) groups is 1. The number of aromatic nitrogens is 1. The molecule has 0 radical (unpaired) electrons. The van der Waals surface area contributed by atoms with Gasteiger partial charge in [0.2, 0.25) is 0 Å². The highest BCUT2D eigenvalue weighted by Crippen LogP contribution is 2.35. The summed E-state index contributed by atoms with van der Waals surface area (Å²) in [4.78, 5) is 12.1. The van der Waals surface area contributed by atoms with Gasteiger partial charge in [0.25, 0.3) is 10.0 Å². The zero-order valence-corrected chi connectivity index (χ0v) is 15.9. The van der Waals surface area contributed by atoms with Gasteiger partial charge >= 0.3 is 5.97 Å². The third-order valence-corrected chi connectivity index (χ3v) is 6.05. The second-order valence-electron chi connectivity index (χ2n) is 5.72. The van der Waals surface area contributed by atoms with Crippen LogP contribution in [0.1, 0.15) is 23.0 Å². The summed E-state index contributed by atoms with van der Waals surface area (Å²) in [7, 11) is -4.39. The first-order chi connectivity index (χ1) is 12.7. The summed E-state index contributed by atoms with van der Waals surface area (Å²) < 4.78 is 60.4. The van der Waals surface area contributed by atoms with E-state index in [9.17, 15) is 22.0 Å². The lowest BCUT2D eigenvalue weighted by Crippen LogP contribution is -2.20. The van der Waals surface area contributed by atoms with Crippen molar-refractivity contribution in [1.82, 2.24) is 3.97 Å². The molecule has 0 aliphatic heterocycles. The van der Waals surface area contributed by atoms with Gasteiger partial charge in [-0.2, -0.15) is 0 Å². The molecule has 27 heavy (non-hydrogen) atoms. The molecule has 0 unspecified atom stereocenters. The Kier molecular flexibility index (Phi) is 4.96. The SMILES string of the molecule is CCOC(=O)c1c(F)c2c(Cl)c(F)ccc2n1S(=O)(=O)c1ccc(C)cc1. The van der Waals surface area contributed by atoms with E-state index in [0.29, 0.717) is 3.97 Å². The Hall–Kier alpha value is -2.45. The largest absolute Gasteiger partial charge is 0.461 e. The zero-order valence-electron chi connectivity index (χ0n) is 14.3. The highest BCUT2D eigenvalue weighted by Gasteiger charge is 2.33. The first-order valence-corrected chi connectivity index (χ1v) is 9.69. The van der Waals surface area contributed by atoms with E-state index in [1.54, 1.807) is 19.1 Å². The van der Waals surface area contributed by atoms with Crippen molar-refractivity contribution in [2.24, 2.45) is 0 Å². The van der Waals surface area contributed by atoms with E-state index in [0.717, 1.165) is 17.7 Å². The van der Waals surface area contributed by atoms with Gasteiger partial charge in [-0.15, -0.1) is 0 Å². The predicted molar refractivity (Wildman–Crippen MR) is 96.6 cm³/mol. The Morgan fingerprint density at radius 2 is 1.78 bits per heavy atom. The molecule has 0 fully saturated rings. The number of nitrogens with zero attached hydrogens (tertiary/aromatic N) is 1. The van der Waals surface area contributed by atoms with Crippen LogP contribution in [0.25, 0.3) is 10.9 Å². The topological polar surface area (TPSA) is 65.4 Å². The standard InChI is InChI=1S/C18H14ClF2NO4S/c1-3-26-18(23)17-16(21)14-13(9-8-12(20)15(14)19)22(17)27(24,25)11-6-4-10(2)5-7-11/h4-9H,3H2,1-2H3. The maximum Gasteiger partial charge on any atom is 0.359 e. The van der Waals surface area contributed by atoms with Gasteiger partial charge in [0.05, 0.1) is 27.4 Å². The van der Waals surface area contributed by atoms with Gasteiger partial charge in [-0.25, -0.2) is 26.0 Å². The molecule has 3 aromatic rings. The molecule has 0 aliphatic rings. The number of hydrogen-bond donors (Lipinski definition) is 0. The summed E-state index contributed by atoms with van der Waals surface area (Å²) in [6.07, 6.45) is 0. The van der Waals surface area contributed by atoms with Gasteiger partial charge < -0.3 is 4.74 Å². The van der Waals surface area contributed by atoms with Crippen LogP contribution < -0.4 is 0 Å². The van der Waals surface area contributed by atoms with Crippen molar-refractivity contribution in [2.45, 2.75) is 18.7 Å². The van der Waals surface area contributed by atoms with E-state index in [2.05, 4.69) is 0 Å². The van der Waals surface area contributed by atoms with E-state index >= 15 is 0 Å². The molecule has 5 nitrogen and oxygen atoms in total. The summed E-state index contributed by atoms with van der Waals surface area (Å²) in [5.41, 5.74) is -0.310. The lowest BCUT2D eigenvalue weighted by molar-refractivity contribution is 0.0513. The van der Waals surface area contributed by atoms with Crippen LogP contribution in [-0.4, -0.2) is 25.0 Å². The van der Waals surface area contributed by atoms with Gasteiger partial charge in [0.15, 0.2) is 11.5 Å². The minimum absolute atomic E-state index is 0.105. The number of aryl methyl sites for hydroxylation is 1. The molecular weight excluding hydrogens is 400 g/mol. The molecule has 0 atom stereocenters. The van der Waals surface area contributed by atoms with Crippen molar-refractivity contribution in [1.29, 1.82) is 0 Å². The third kappa shape index (κ3) is 3.08. The molecule has 0 bridgehead atoms. The second kappa shape index (κ2) is 6.94. The number of carbonyl (C=O) groups excluding carboxylic acids is 1. The smallest absolute Gasteiger partial charge is 0.359 e. The molecule has 0 spiro atoms. The summed E-state index contributed by atoms with van der Waals surface area (Å²) in [6.45, 7) is 3.16. The number of hydrogen-bond acceptors (Lipinski definition) is 4. The monoisotopic (exact) mass is 413 g/mol. The van der Waals surface area contributed by atoms with Gasteiger partial charge in [0, 0.05) is 0 Å². The number of benzene rings is 2. The average molecular weight is 414 g/mol. The van der Waals surface area contributed by atoms with Crippen molar-refractivity contribution < 1.29 is 26.7 Å². The summed E-state index contributed by atoms with van der Waals surface area (Å²) >= 11 is 5.84. The average Bonchev–Trinajstić information content (AvgIpc) is 2.92. The molecule has 0 aliphatic carbocycles. The fourth-order valence-electron chi connectivity index (χ4n) is 2.68. The first-order valence-electron chi connectivity index (χ1n) is 7.87. The minimum Gasteiger partial charge on any atom is -0.461 e. The molecule has 2 aromatic carbocycles. The Morgan fingerprint density at radius 3 is 2.37 bits per heavy atom. The summed E-state index contributed by atoms with van der Waals surface area (Å²) in [6, 6.07) is 7.73. The molecule has 0 N–H and O–H groups in total. The van der Waals surface area contributed by atoms with Crippen LogP contribution in [0.15, 0.2) is 41.3 Å². The van der Waals surface area contributed by atoms with E-state index < -0.39 is 43.7 Å². The predicted octanol–water partition coefficient (Wildman–Crippen LogP) is 4.30. The van der Waals surface area contributed by atoms with E-state index in [1.165, 1.54) is 19.1 Å². The molecule has 0 saturated heterocycles. The van der Waals surface area contributed by atoms with Crippen molar-refractivity contribution in [2.75, 3.05) is 6.61 Å². The van der Waals surface area contributed by atoms with E-state index in [4.69, 9.17) is 16.3 Å². The van der Waals surface area contributed by atoms with Crippen molar-refractivity contribution in [3.8, 4) is 0 Å². The molecule has 1 aromatic heterocycles. The highest BCUT2D eigenvalue weighted by atomic mass is 35.5. The molecule has 3 rings (SSSR count). The molecule has 0 amide bonds. The molecule has 142 valence electrons. The third-order valence-electron chi connectivity index (χ3n) is 3.95. The quantitative estimate of drug-likeness (QED) is 0.598. The number of rotatable bonds is 4. The fraction of sp³-hybridized carbons (Fsp3) is 0.167. The fourth-order valence-corrected chi connectivity index (χ4v) is 4.42. The Morgan fingerprint density at radius 1 is 1.15 bits per heavy atom.